The number of amides is 1. The zero-order valence-electron chi connectivity index (χ0n) is 19.7. The maximum atomic E-state index is 14.5. The minimum atomic E-state index is -1.02. The number of carbonyl (C=O) groups is 1. The molecule has 36 heavy (non-hydrogen) atoms. The molecule has 0 saturated heterocycles. The Balaban J connectivity index is 1.54. The standard InChI is InChI=1S/C27H24F2N4O3/c1-15(2)33-24(12-21(31-33)19-8-5-9-20(28)26(19)29)30-22-10-18(34)11-23(35)25(22)27(36)32-13-16-6-3-4-7-17(16)14-32/h3-12,15,30,34-35H,13-14H2,1-2H3. The highest BCUT2D eigenvalue weighted by Gasteiger charge is 2.29. The van der Waals surface area contributed by atoms with Gasteiger partial charge in [0.05, 0.1) is 11.4 Å². The summed E-state index contributed by atoms with van der Waals surface area (Å²) in [4.78, 5) is 15.1. The topological polar surface area (TPSA) is 90.6 Å². The van der Waals surface area contributed by atoms with Crippen LogP contribution in [0.1, 0.15) is 41.4 Å². The highest BCUT2D eigenvalue weighted by atomic mass is 19.2. The fourth-order valence-electron chi connectivity index (χ4n) is 4.42. The van der Waals surface area contributed by atoms with Crippen molar-refractivity contribution >= 4 is 17.4 Å². The van der Waals surface area contributed by atoms with Crippen molar-refractivity contribution in [1.29, 1.82) is 0 Å². The van der Waals surface area contributed by atoms with E-state index >= 15 is 0 Å². The number of nitrogens with one attached hydrogen (secondary N) is 1. The SMILES string of the molecule is CC(C)n1nc(-c2cccc(F)c2F)cc1Nc1cc(O)cc(O)c1C(=O)N1Cc2ccccc2C1. The van der Waals surface area contributed by atoms with E-state index in [1.165, 1.54) is 24.3 Å². The molecule has 0 spiro atoms. The number of anilines is 2. The van der Waals surface area contributed by atoms with E-state index in [2.05, 4.69) is 10.4 Å². The molecule has 0 fully saturated rings. The summed E-state index contributed by atoms with van der Waals surface area (Å²) in [6.45, 7) is 4.50. The molecule has 1 aliphatic rings. The van der Waals surface area contributed by atoms with Gasteiger partial charge in [-0.2, -0.15) is 5.10 Å². The molecule has 7 nitrogen and oxygen atoms in total. The third-order valence-corrected chi connectivity index (χ3v) is 6.16. The average Bonchev–Trinajstić information content (AvgIpc) is 3.45. The third kappa shape index (κ3) is 4.13. The highest BCUT2D eigenvalue weighted by molar-refractivity contribution is 6.03. The Morgan fingerprint density at radius 2 is 1.69 bits per heavy atom. The third-order valence-electron chi connectivity index (χ3n) is 6.16. The molecule has 0 bridgehead atoms. The molecule has 0 unspecified atom stereocenters. The van der Waals surface area contributed by atoms with Gasteiger partial charge in [-0.25, -0.2) is 13.5 Å². The van der Waals surface area contributed by atoms with Gasteiger partial charge in [-0.15, -0.1) is 0 Å². The molecule has 184 valence electrons. The second-order valence-corrected chi connectivity index (χ2v) is 9.00. The maximum Gasteiger partial charge on any atom is 0.260 e. The van der Waals surface area contributed by atoms with E-state index in [0.29, 0.717) is 18.9 Å². The van der Waals surface area contributed by atoms with Crippen molar-refractivity contribution in [2.45, 2.75) is 33.0 Å². The van der Waals surface area contributed by atoms with Crippen LogP contribution in [0.25, 0.3) is 11.3 Å². The Bertz CT molecular complexity index is 1460. The summed E-state index contributed by atoms with van der Waals surface area (Å²) in [6.07, 6.45) is 0. The van der Waals surface area contributed by atoms with Crippen molar-refractivity contribution in [3.8, 4) is 22.8 Å². The van der Waals surface area contributed by atoms with Crippen LogP contribution < -0.4 is 5.32 Å². The summed E-state index contributed by atoms with van der Waals surface area (Å²) in [5.74, 6) is -2.69. The summed E-state index contributed by atoms with van der Waals surface area (Å²) in [5.41, 5.74) is 2.37. The first-order valence-corrected chi connectivity index (χ1v) is 11.5. The van der Waals surface area contributed by atoms with Gasteiger partial charge in [0.15, 0.2) is 11.6 Å². The summed E-state index contributed by atoms with van der Waals surface area (Å²) in [5, 5.41) is 28.3. The lowest BCUT2D eigenvalue weighted by atomic mass is 10.1. The van der Waals surface area contributed by atoms with Gasteiger partial charge in [0.2, 0.25) is 0 Å². The van der Waals surface area contributed by atoms with E-state index in [4.69, 9.17) is 0 Å². The van der Waals surface area contributed by atoms with Crippen molar-refractivity contribution in [3.63, 3.8) is 0 Å². The largest absolute Gasteiger partial charge is 0.508 e. The van der Waals surface area contributed by atoms with E-state index < -0.39 is 17.5 Å². The van der Waals surface area contributed by atoms with Gasteiger partial charge in [0, 0.05) is 42.9 Å². The minimum Gasteiger partial charge on any atom is -0.508 e. The molecule has 1 aromatic heterocycles. The number of halogens is 2. The number of aromatic hydroxyl groups is 2. The van der Waals surface area contributed by atoms with Gasteiger partial charge in [0.25, 0.3) is 5.91 Å². The molecule has 9 heteroatoms. The first kappa shape index (κ1) is 23.3. The number of hydrogen-bond donors (Lipinski definition) is 3. The van der Waals surface area contributed by atoms with Crippen LogP contribution in [0.5, 0.6) is 11.5 Å². The molecule has 2 heterocycles. The van der Waals surface area contributed by atoms with Crippen molar-refractivity contribution < 1.29 is 23.8 Å². The van der Waals surface area contributed by atoms with Gasteiger partial charge < -0.3 is 20.4 Å². The molecule has 3 N–H and O–H groups in total. The number of phenolic OH excluding ortho intramolecular Hbond substituents is 2. The Hall–Kier alpha value is -4.40. The fourth-order valence-corrected chi connectivity index (χ4v) is 4.42. The average molecular weight is 491 g/mol. The van der Waals surface area contributed by atoms with Gasteiger partial charge >= 0.3 is 0 Å². The van der Waals surface area contributed by atoms with Gasteiger partial charge in [-0.1, -0.05) is 30.3 Å². The molecule has 5 rings (SSSR count). The number of phenols is 2. The van der Waals surface area contributed by atoms with Gasteiger partial charge in [-0.05, 0) is 37.1 Å². The molecule has 0 saturated carbocycles. The molecule has 0 atom stereocenters. The normalized spacial score (nSPS) is 12.8. The van der Waals surface area contributed by atoms with Crippen LogP contribution in [0.2, 0.25) is 0 Å². The molecule has 4 aromatic rings. The molecule has 3 aromatic carbocycles. The zero-order chi connectivity index (χ0) is 25.6. The Morgan fingerprint density at radius 3 is 2.36 bits per heavy atom. The van der Waals surface area contributed by atoms with Crippen LogP contribution in [-0.2, 0) is 13.1 Å². The quantitative estimate of drug-likeness (QED) is 0.333. The second-order valence-electron chi connectivity index (χ2n) is 9.00. The summed E-state index contributed by atoms with van der Waals surface area (Å²) in [6, 6.07) is 15.3. The smallest absolute Gasteiger partial charge is 0.260 e. The van der Waals surface area contributed by atoms with E-state index in [-0.39, 0.29) is 40.0 Å². The summed E-state index contributed by atoms with van der Waals surface area (Å²) < 4.78 is 29.8. The summed E-state index contributed by atoms with van der Waals surface area (Å²) >= 11 is 0. The van der Waals surface area contributed by atoms with Crippen LogP contribution in [0.3, 0.4) is 0 Å². The van der Waals surface area contributed by atoms with E-state index in [9.17, 15) is 23.8 Å². The lowest BCUT2D eigenvalue weighted by molar-refractivity contribution is 0.0749. The van der Waals surface area contributed by atoms with Crippen molar-refractivity contribution in [3.05, 3.63) is 89.0 Å². The van der Waals surface area contributed by atoms with Crippen LogP contribution in [0.4, 0.5) is 20.3 Å². The van der Waals surface area contributed by atoms with Crippen molar-refractivity contribution in [2.75, 3.05) is 5.32 Å². The first-order chi connectivity index (χ1) is 17.2. The Morgan fingerprint density at radius 1 is 1.00 bits per heavy atom. The van der Waals surface area contributed by atoms with Crippen LogP contribution in [-0.4, -0.2) is 30.8 Å². The van der Waals surface area contributed by atoms with Crippen LogP contribution in [0, 0.1) is 11.6 Å². The Kier molecular flexibility index (Phi) is 5.83. The van der Waals surface area contributed by atoms with Crippen molar-refractivity contribution in [1.82, 2.24) is 14.7 Å². The maximum absolute atomic E-state index is 14.5. The fraction of sp³-hybridized carbons (Fsp3) is 0.185. The number of benzene rings is 3. The minimum absolute atomic E-state index is 0.0117. The molecule has 0 aliphatic carbocycles. The number of nitrogens with zero attached hydrogens (tertiary/aromatic N) is 3. The van der Waals surface area contributed by atoms with Gasteiger partial charge in [-0.3, -0.25) is 4.79 Å². The van der Waals surface area contributed by atoms with Gasteiger partial charge in [0.1, 0.15) is 22.9 Å². The number of hydrogen-bond acceptors (Lipinski definition) is 5. The molecular formula is C27H24F2N4O3. The highest BCUT2D eigenvalue weighted by Crippen LogP contribution is 2.37. The van der Waals surface area contributed by atoms with Crippen molar-refractivity contribution in [2.24, 2.45) is 0 Å². The molecular weight excluding hydrogens is 466 g/mol. The summed E-state index contributed by atoms with van der Waals surface area (Å²) in [7, 11) is 0. The molecule has 0 radical (unpaired) electrons. The Labute approximate surface area is 206 Å². The van der Waals surface area contributed by atoms with Crippen LogP contribution >= 0.6 is 0 Å². The number of carbonyl (C=O) groups excluding carboxylic acids is 1. The number of aromatic nitrogens is 2. The zero-order valence-corrected chi connectivity index (χ0v) is 19.7. The molecule has 1 amide bonds. The predicted octanol–water partition coefficient (Wildman–Crippen LogP) is 5.72. The lowest BCUT2D eigenvalue weighted by Gasteiger charge is -2.20. The second kappa shape index (κ2) is 8.99. The van der Waals surface area contributed by atoms with Crippen LogP contribution in [0.15, 0.2) is 60.7 Å². The molecule has 1 aliphatic heterocycles. The number of rotatable bonds is 5. The lowest BCUT2D eigenvalue weighted by Crippen LogP contribution is -2.26. The van der Waals surface area contributed by atoms with E-state index in [1.54, 1.807) is 9.58 Å². The van der Waals surface area contributed by atoms with E-state index in [1.807, 2.05) is 38.1 Å². The monoisotopic (exact) mass is 490 g/mol. The van der Waals surface area contributed by atoms with E-state index in [0.717, 1.165) is 23.3 Å². The first-order valence-electron chi connectivity index (χ1n) is 11.5. The number of fused-ring (bicyclic) bond motifs is 1. The predicted molar refractivity (Wildman–Crippen MR) is 131 cm³/mol.